The molecule has 1 aromatic carbocycles. The van der Waals surface area contributed by atoms with Crippen LogP contribution in [0.25, 0.3) is 0 Å². The molecule has 0 radical (unpaired) electrons. The topological polar surface area (TPSA) is 76.2 Å². The number of nitrogens with zero attached hydrogens (tertiary/aromatic N) is 2. The second-order valence-corrected chi connectivity index (χ2v) is 6.69. The summed E-state index contributed by atoms with van der Waals surface area (Å²) >= 11 is 0. The Kier molecular flexibility index (Phi) is 5.75. The zero-order valence-corrected chi connectivity index (χ0v) is 14.9. The van der Waals surface area contributed by atoms with Crippen LogP contribution in [-0.2, 0) is 20.9 Å². The maximum Gasteiger partial charge on any atom is 0.416 e. The van der Waals surface area contributed by atoms with Gasteiger partial charge in [0.25, 0.3) is 0 Å². The monoisotopic (exact) mass is 360 g/mol. The van der Waals surface area contributed by atoms with E-state index in [9.17, 15) is 14.4 Å². The molecule has 0 aliphatic carbocycles. The lowest BCUT2D eigenvalue weighted by Crippen LogP contribution is -2.51. The number of cyclic esters (lactones) is 1. The molecule has 2 saturated heterocycles. The SMILES string of the molecule is C[C@H](C(=O)N1CCOC1=O)[C@H]1CCCCN1C(=O)OCc1ccccc1. The number of carbonyl (C=O) groups is 3. The normalized spacial score (nSPS) is 21.3. The van der Waals surface area contributed by atoms with E-state index in [-0.39, 0.29) is 31.7 Å². The van der Waals surface area contributed by atoms with Crippen LogP contribution >= 0.6 is 0 Å². The maximum absolute atomic E-state index is 12.6. The van der Waals surface area contributed by atoms with Gasteiger partial charge in [0.05, 0.1) is 12.5 Å². The lowest BCUT2D eigenvalue weighted by molar-refractivity contribution is -0.133. The highest BCUT2D eigenvalue weighted by molar-refractivity contribution is 5.94. The molecule has 2 aliphatic rings. The minimum Gasteiger partial charge on any atom is -0.447 e. The van der Waals surface area contributed by atoms with Crippen LogP contribution in [0, 0.1) is 5.92 Å². The van der Waals surface area contributed by atoms with Crippen LogP contribution in [0.2, 0.25) is 0 Å². The van der Waals surface area contributed by atoms with Crippen molar-refractivity contribution in [1.29, 1.82) is 0 Å². The smallest absolute Gasteiger partial charge is 0.416 e. The molecule has 2 aliphatic heterocycles. The predicted molar refractivity (Wildman–Crippen MR) is 93.2 cm³/mol. The summed E-state index contributed by atoms with van der Waals surface area (Å²) in [5.74, 6) is -0.773. The number of hydrogen-bond donors (Lipinski definition) is 0. The van der Waals surface area contributed by atoms with E-state index in [0.717, 1.165) is 29.7 Å². The molecule has 140 valence electrons. The Morgan fingerprint density at radius 2 is 2.00 bits per heavy atom. The fraction of sp³-hybridized carbons (Fsp3) is 0.526. The quantitative estimate of drug-likeness (QED) is 0.825. The van der Waals surface area contributed by atoms with E-state index in [1.54, 1.807) is 11.8 Å². The van der Waals surface area contributed by atoms with Crippen molar-refractivity contribution in [1.82, 2.24) is 9.80 Å². The minimum atomic E-state index is -0.601. The van der Waals surface area contributed by atoms with Crippen molar-refractivity contribution in [3.8, 4) is 0 Å². The van der Waals surface area contributed by atoms with Gasteiger partial charge in [-0.05, 0) is 24.8 Å². The van der Waals surface area contributed by atoms with Crippen LogP contribution < -0.4 is 0 Å². The number of ether oxygens (including phenoxy) is 2. The second kappa shape index (κ2) is 8.21. The van der Waals surface area contributed by atoms with Gasteiger partial charge in [0.2, 0.25) is 5.91 Å². The first kappa shape index (κ1) is 18.2. The number of piperidine rings is 1. The Morgan fingerprint density at radius 1 is 1.23 bits per heavy atom. The molecule has 26 heavy (non-hydrogen) atoms. The number of likely N-dealkylation sites (tertiary alicyclic amines) is 1. The number of amides is 3. The summed E-state index contributed by atoms with van der Waals surface area (Å²) in [4.78, 5) is 39.7. The average molecular weight is 360 g/mol. The standard InChI is InChI=1S/C19H24N2O5/c1-14(17(22)21-11-12-25-19(21)24)16-9-5-6-10-20(16)18(23)26-13-15-7-3-2-4-8-15/h2-4,7-8,14,16H,5-6,9-13H2,1H3/t14-,16+/m0/s1. The highest BCUT2D eigenvalue weighted by Gasteiger charge is 2.39. The summed E-state index contributed by atoms with van der Waals surface area (Å²) < 4.78 is 10.3. The van der Waals surface area contributed by atoms with Crippen LogP contribution in [0.15, 0.2) is 30.3 Å². The average Bonchev–Trinajstić information content (AvgIpc) is 3.11. The van der Waals surface area contributed by atoms with Gasteiger partial charge in [-0.3, -0.25) is 4.79 Å². The molecule has 0 spiro atoms. The van der Waals surface area contributed by atoms with Gasteiger partial charge in [-0.25, -0.2) is 14.5 Å². The molecule has 7 nitrogen and oxygen atoms in total. The molecule has 2 heterocycles. The van der Waals surface area contributed by atoms with Crippen molar-refractivity contribution in [2.24, 2.45) is 5.92 Å². The molecule has 7 heteroatoms. The fourth-order valence-electron chi connectivity index (χ4n) is 3.51. The van der Waals surface area contributed by atoms with Crippen LogP contribution in [0.5, 0.6) is 0 Å². The van der Waals surface area contributed by atoms with E-state index >= 15 is 0 Å². The van der Waals surface area contributed by atoms with E-state index in [2.05, 4.69) is 0 Å². The van der Waals surface area contributed by atoms with Crippen LogP contribution in [-0.4, -0.2) is 53.6 Å². The van der Waals surface area contributed by atoms with Crippen LogP contribution in [0.4, 0.5) is 9.59 Å². The summed E-state index contributed by atoms with van der Waals surface area (Å²) in [5, 5.41) is 0. The molecule has 2 atom stereocenters. The summed E-state index contributed by atoms with van der Waals surface area (Å²) in [7, 11) is 0. The number of carbonyl (C=O) groups excluding carboxylic acids is 3. The molecular weight excluding hydrogens is 336 g/mol. The zero-order valence-electron chi connectivity index (χ0n) is 14.9. The van der Waals surface area contributed by atoms with Gasteiger partial charge < -0.3 is 14.4 Å². The fourth-order valence-corrected chi connectivity index (χ4v) is 3.51. The highest BCUT2D eigenvalue weighted by Crippen LogP contribution is 2.26. The molecule has 1 aromatic rings. The van der Waals surface area contributed by atoms with Gasteiger partial charge in [0, 0.05) is 12.6 Å². The van der Waals surface area contributed by atoms with Gasteiger partial charge >= 0.3 is 12.2 Å². The van der Waals surface area contributed by atoms with Gasteiger partial charge in [-0.2, -0.15) is 0 Å². The van der Waals surface area contributed by atoms with E-state index < -0.39 is 18.1 Å². The first-order valence-electron chi connectivity index (χ1n) is 9.03. The lowest BCUT2D eigenvalue weighted by atomic mass is 9.91. The van der Waals surface area contributed by atoms with Crippen molar-refractivity contribution < 1.29 is 23.9 Å². The van der Waals surface area contributed by atoms with E-state index in [1.165, 1.54) is 0 Å². The summed E-state index contributed by atoms with van der Waals surface area (Å²) in [6, 6.07) is 9.21. The Hall–Kier alpha value is -2.57. The molecule has 0 saturated carbocycles. The first-order valence-corrected chi connectivity index (χ1v) is 9.03. The molecule has 3 amide bonds. The van der Waals surface area contributed by atoms with Crippen molar-refractivity contribution in [2.75, 3.05) is 19.7 Å². The molecule has 2 fully saturated rings. The van der Waals surface area contributed by atoms with E-state index in [1.807, 2.05) is 30.3 Å². The predicted octanol–water partition coefficient (Wildman–Crippen LogP) is 2.79. The van der Waals surface area contributed by atoms with Gasteiger partial charge in [0.1, 0.15) is 13.2 Å². The zero-order chi connectivity index (χ0) is 18.5. The van der Waals surface area contributed by atoms with Gasteiger partial charge in [-0.1, -0.05) is 37.3 Å². The van der Waals surface area contributed by atoms with Crippen molar-refractivity contribution in [2.45, 2.75) is 38.8 Å². The Bertz CT molecular complexity index is 663. The van der Waals surface area contributed by atoms with E-state index in [4.69, 9.17) is 9.47 Å². The molecule has 0 unspecified atom stereocenters. The van der Waals surface area contributed by atoms with Crippen molar-refractivity contribution >= 4 is 18.1 Å². The number of hydrogen-bond acceptors (Lipinski definition) is 5. The Morgan fingerprint density at radius 3 is 2.69 bits per heavy atom. The van der Waals surface area contributed by atoms with Crippen LogP contribution in [0.3, 0.4) is 0 Å². The largest absolute Gasteiger partial charge is 0.447 e. The van der Waals surface area contributed by atoms with Gasteiger partial charge in [-0.15, -0.1) is 0 Å². The third-order valence-electron chi connectivity index (χ3n) is 4.98. The summed E-state index contributed by atoms with van der Waals surface area (Å²) in [6.45, 7) is 3.02. The number of rotatable bonds is 4. The summed E-state index contributed by atoms with van der Waals surface area (Å²) in [6.07, 6.45) is 1.52. The maximum atomic E-state index is 12.6. The number of benzene rings is 1. The Labute approximate surface area is 152 Å². The first-order chi connectivity index (χ1) is 12.6. The molecule has 0 bridgehead atoms. The second-order valence-electron chi connectivity index (χ2n) is 6.69. The molecule has 3 rings (SSSR count). The lowest BCUT2D eigenvalue weighted by Gasteiger charge is -2.38. The third kappa shape index (κ3) is 3.98. The highest BCUT2D eigenvalue weighted by atomic mass is 16.6. The third-order valence-corrected chi connectivity index (χ3v) is 4.98. The van der Waals surface area contributed by atoms with Crippen LogP contribution in [0.1, 0.15) is 31.7 Å². The van der Waals surface area contributed by atoms with Crippen molar-refractivity contribution in [3.05, 3.63) is 35.9 Å². The molecular formula is C19H24N2O5. The summed E-state index contributed by atoms with van der Waals surface area (Å²) in [5.41, 5.74) is 0.915. The van der Waals surface area contributed by atoms with Gasteiger partial charge in [0.15, 0.2) is 0 Å². The minimum absolute atomic E-state index is 0.198. The molecule has 0 N–H and O–H groups in total. The number of imide groups is 1. The van der Waals surface area contributed by atoms with E-state index in [0.29, 0.717) is 6.54 Å². The molecule has 0 aromatic heterocycles. The Balaban J connectivity index is 1.63. The van der Waals surface area contributed by atoms with Crippen molar-refractivity contribution in [3.63, 3.8) is 0 Å².